The minimum Gasteiger partial charge on any atom is -0.412 e. The Kier molecular flexibility index (Phi) is 15.9. The van der Waals surface area contributed by atoms with Crippen molar-refractivity contribution < 1.29 is 27.9 Å². The molecule has 0 aliphatic rings. The van der Waals surface area contributed by atoms with E-state index in [9.17, 15) is 8.42 Å². The van der Waals surface area contributed by atoms with Crippen molar-refractivity contribution in [2.24, 2.45) is 0 Å². The maximum atomic E-state index is 10.7. The number of benzene rings is 1. The van der Waals surface area contributed by atoms with E-state index in [0.29, 0.717) is 0 Å². The Morgan fingerprint density at radius 1 is 0.950 bits per heavy atom. The summed E-state index contributed by atoms with van der Waals surface area (Å²) >= 11 is 0. The molecule has 3 N–H and O–H groups in total. The normalized spacial score (nSPS) is 10.4. The second-order valence-electron chi connectivity index (χ2n) is 3.36. The molecule has 0 aromatic heterocycles. The second-order valence-corrected chi connectivity index (χ2v) is 5.05. The molecular weight excluding hydrogens is 295 g/mol. The molecule has 0 atom stereocenters. The maximum Gasteiger partial charge on any atom is 0.321 e. The predicted molar refractivity (Wildman–Crippen MR) is 79.0 cm³/mol. The number of ether oxygens (including phenoxy) is 2. The number of rotatable bonds is 5. The van der Waals surface area contributed by atoms with Crippen LogP contribution in [0.1, 0.15) is 20.8 Å². The zero-order valence-electron chi connectivity index (χ0n) is 12.4. The van der Waals surface area contributed by atoms with Gasteiger partial charge in [-0.1, -0.05) is 36.4 Å². The molecule has 6 nitrogen and oxygen atoms in total. The van der Waals surface area contributed by atoms with Crippen LogP contribution in [0.4, 0.5) is 0 Å². The monoisotopic (exact) mass is 317 g/mol. The van der Waals surface area contributed by atoms with Crippen molar-refractivity contribution in [1.29, 1.82) is 0 Å². The summed E-state index contributed by atoms with van der Waals surface area (Å²) in [6.45, 7) is 4.69. The molecule has 0 spiro atoms. The first-order chi connectivity index (χ1) is 8.37. The van der Waals surface area contributed by atoms with Gasteiger partial charge in [0.15, 0.2) is 0 Å². The smallest absolute Gasteiger partial charge is 0.321 e. The molecule has 0 heterocycles. The van der Waals surface area contributed by atoms with Crippen LogP contribution in [0.15, 0.2) is 36.4 Å². The fourth-order valence-electron chi connectivity index (χ4n) is 1.10. The molecule has 20 heavy (non-hydrogen) atoms. The third-order valence-corrected chi connectivity index (χ3v) is 3.12. The molecule has 0 aliphatic heterocycles. The molecule has 1 rings (SSSR count). The third kappa shape index (κ3) is 9.84. The summed E-state index contributed by atoms with van der Waals surface area (Å²) in [5.41, 5.74) is 0. The standard InChI is InChI=1S/C6H14O5S.C6H6.Na.H2O/c1-4-10-6(3,11-5-2)12(7,8)9;1-2-4-6-5-3-1;;/h4-5H2,1-3H3,(H,7,8,9);1-6H;;1H2. The Bertz CT molecular complexity index is 377. The van der Waals surface area contributed by atoms with Crippen molar-refractivity contribution in [3.8, 4) is 0 Å². The van der Waals surface area contributed by atoms with Crippen LogP contribution in [0.2, 0.25) is 0 Å². The largest absolute Gasteiger partial charge is 0.412 e. The van der Waals surface area contributed by atoms with Crippen molar-refractivity contribution in [2.75, 3.05) is 13.2 Å². The minimum absolute atomic E-state index is 0. The first-order valence-corrected chi connectivity index (χ1v) is 7.06. The number of hydrogen-bond donors (Lipinski definition) is 1. The molecule has 1 aromatic rings. The van der Waals surface area contributed by atoms with Crippen LogP contribution in [0.25, 0.3) is 0 Å². The summed E-state index contributed by atoms with van der Waals surface area (Å²) in [6, 6.07) is 12.0. The summed E-state index contributed by atoms with van der Waals surface area (Å²) in [6.07, 6.45) is 0. The van der Waals surface area contributed by atoms with Gasteiger partial charge in [-0.3, -0.25) is 4.55 Å². The minimum atomic E-state index is -4.33. The van der Waals surface area contributed by atoms with E-state index in [1.54, 1.807) is 13.8 Å². The van der Waals surface area contributed by atoms with Crippen LogP contribution in [0.5, 0.6) is 0 Å². The van der Waals surface area contributed by atoms with Gasteiger partial charge in [-0.15, -0.1) is 0 Å². The zero-order valence-corrected chi connectivity index (χ0v) is 15.2. The Morgan fingerprint density at radius 3 is 1.35 bits per heavy atom. The van der Waals surface area contributed by atoms with Crippen molar-refractivity contribution in [3.05, 3.63) is 36.4 Å². The predicted octanol–water partition coefficient (Wildman–Crippen LogP) is 1.10. The Hall–Kier alpha value is 0.01000. The third-order valence-electron chi connectivity index (χ3n) is 1.95. The van der Waals surface area contributed by atoms with Gasteiger partial charge in [-0.25, -0.2) is 0 Å². The quantitative estimate of drug-likeness (QED) is 0.497. The van der Waals surface area contributed by atoms with E-state index in [2.05, 4.69) is 0 Å². The molecule has 0 aliphatic carbocycles. The van der Waals surface area contributed by atoms with Gasteiger partial charge in [0.1, 0.15) is 0 Å². The maximum absolute atomic E-state index is 10.7. The van der Waals surface area contributed by atoms with Gasteiger partial charge in [-0.05, 0) is 13.8 Å². The van der Waals surface area contributed by atoms with E-state index in [0.717, 1.165) is 6.92 Å². The van der Waals surface area contributed by atoms with Crippen LogP contribution in [-0.4, -0.2) is 66.3 Å². The molecule has 0 saturated carbocycles. The van der Waals surface area contributed by atoms with E-state index in [1.807, 2.05) is 36.4 Å². The van der Waals surface area contributed by atoms with Gasteiger partial charge < -0.3 is 14.9 Å². The molecule has 1 radical (unpaired) electrons. The van der Waals surface area contributed by atoms with Crippen molar-refractivity contribution >= 4 is 39.7 Å². The van der Waals surface area contributed by atoms with Gasteiger partial charge >= 0.3 is 10.1 Å². The van der Waals surface area contributed by atoms with Crippen molar-refractivity contribution in [3.63, 3.8) is 0 Å². The summed E-state index contributed by atoms with van der Waals surface area (Å²) < 4.78 is 39.7. The number of hydrogen-bond acceptors (Lipinski definition) is 4. The van der Waals surface area contributed by atoms with Gasteiger partial charge in [0.25, 0.3) is 5.12 Å². The SMILES string of the molecule is CCOC(C)(OCC)S(=O)(=O)O.O.[Na].c1ccccc1. The molecule has 0 unspecified atom stereocenters. The molecule has 113 valence electrons. The average molecular weight is 317 g/mol. The Labute approximate surface area is 142 Å². The van der Waals surface area contributed by atoms with E-state index < -0.39 is 15.2 Å². The van der Waals surface area contributed by atoms with Crippen LogP contribution in [0, 0.1) is 0 Å². The Balaban J connectivity index is -0.000000307. The van der Waals surface area contributed by atoms with Gasteiger partial charge in [-0.2, -0.15) is 8.42 Å². The van der Waals surface area contributed by atoms with Crippen LogP contribution in [0.3, 0.4) is 0 Å². The second kappa shape index (κ2) is 12.7. The molecule has 0 saturated heterocycles. The summed E-state index contributed by atoms with van der Waals surface area (Å²) in [5.74, 6) is 0. The fraction of sp³-hybridized carbons (Fsp3) is 0.500. The van der Waals surface area contributed by atoms with Crippen LogP contribution in [-0.2, 0) is 19.6 Å². The van der Waals surface area contributed by atoms with Crippen LogP contribution >= 0.6 is 0 Å². The summed E-state index contributed by atoms with van der Waals surface area (Å²) in [4.78, 5) is 0. The molecule has 0 bridgehead atoms. The van der Waals surface area contributed by atoms with E-state index in [4.69, 9.17) is 14.0 Å². The molecule has 8 heteroatoms. The van der Waals surface area contributed by atoms with Gasteiger partial charge in [0.2, 0.25) is 0 Å². The van der Waals surface area contributed by atoms with Crippen LogP contribution < -0.4 is 0 Å². The first kappa shape index (κ1) is 25.0. The first-order valence-electron chi connectivity index (χ1n) is 5.62. The topological polar surface area (TPSA) is 104 Å². The zero-order chi connectivity index (χ0) is 14.1. The molecule has 0 amide bonds. The van der Waals surface area contributed by atoms with E-state index in [-0.39, 0.29) is 48.2 Å². The van der Waals surface area contributed by atoms with Gasteiger partial charge in [0, 0.05) is 49.7 Å². The average Bonchev–Trinajstić information content (AvgIpc) is 2.31. The van der Waals surface area contributed by atoms with E-state index >= 15 is 0 Å². The van der Waals surface area contributed by atoms with Crippen molar-refractivity contribution in [1.82, 2.24) is 0 Å². The van der Waals surface area contributed by atoms with E-state index in [1.165, 1.54) is 0 Å². The van der Waals surface area contributed by atoms with Crippen molar-refractivity contribution in [2.45, 2.75) is 25.9 Å². The molecular formula is C12H22NaO6S. The van der Waals surface area contributed by atoms with Gasteiger partial charge in [0.05, 0.1) is 0 Å². The Morgan fingerprint density at radius 2 is 1.20 bits per heavy atom. The fourth-order valence-corrected chi connectivity index (χ4v) is 1.63. The molecule has 1 aromatic carbocycles. The molecule has 0 fully saturated rings. The summed E-state index contributed by atoms with van der Waals surface area (Å²) in [5, 5.41) is -1.93. The summed E-state index contributed by atoms with van der Waals surface area (Å²) in [7, 11) is -4.33.